The van der Waals surface area contributed by atoms with Crippen molar-refractivity contribution in [2.24, 2.45) is 11.3 Å². The molecular formula is C22H27NO3. The molecule has 138 valence electrons. The van der Waals surface area contributed by atoms with E-state index in [0.717, 1.165) is 17.7 Å². The molecule has 1 aromatic heterocycles. The van der Waals surface area contributed by atoms with Crippen molar-refractivity contribution in [3.05, 3.63) is 71.6 Å². The lowest BCUT2D eigenvalue weighted by molar-refractivity contribution is -0.148. The summed E-state index contributed by atoms with van der Waals surface area (Å²) >= 11 is 0. The third-order valence-corrected chi connectivity index (χ3v) is 5.12. The van der Waals surface area contributed by atoms with Crippen molar-refractivity contribution in [1.29, 1.82) is 0 Å². The standard InChI is InChI=1S/C22H27NO3/c1-4-5-13-25-20-19(22(20,2)3)21(24)26-15-18-17(11-12-23-18)14-16-9-7-6-8-10-16/h4-12,19-20,23H,13-15H2,1-3H3. The first-order chi connectivity index (χ1) is 12.5. The van der Waals surface area contributed by atoms with Gasteiger partial charge in [-0.1, -0.05) is 56.3 Å². The SMILES string of the molecule is CC=CCOC1C(C(=O)OCc2[nH]ccc2Cc2ccccc2)C1(C)C. The number of ether oxygens (including phenoxy) is 2. The first-order valence-electron chi connectivity index (χ1n) is 9.12. The van der Waals surface area contributed by atoms with Crippen LogP contribution in [0.3, 0.4) is 0 Å². The Kier molecular flexibility index (Phi) is 5.62. The van der Waals surface area contributed by atoms with Gasteiger partial charge in [0, 0.05) is 11.6 Å². The molecular weight excluding hydrogens is 326 g/mol. The Bertz CT molecular complexity index is 761. The number of hydrogen-bond donors (Lipinski definition) is 1. The van der Waals surface area contributed by atoms with Gasteiger partial charge in [-0.3, -0.25) is 4.79 Å². The number of benzene rings is 1. The molecule has 2 unspecified atom stereocenters. The summed E-state index contributed by atoms with van der Waals surface area (Å²) in [6.07, 6.45) is 6.54. The van der Waals surface area contributed by atoms with Gasteiger partial charge in [0.2, 0.25) is 0 Å². The normalized spacial score (nSPS) is 21.0. The molecule has 0 bridgehead atoms. The van der Waals surface area contributed by atoms with Crippen molar-refractivity contribution in [2.45, 2.75) is 39.9 Å². The van der Waals surface area contributed by atoms with Crippen LogP contribution < -0.4 is 0 Å². The Morgan fingerprint density at radius 1 is 1.23 bits per heavy atom. The van der Waals surface area contributed by atoms with Gasteiger partial charge in [0.05, 0.1) is 24.3 Å². The molecule has 2 atom stereocenters. The summed E-state index contributed by atoms with van der Waals surface area (Å²) in [5, 5.41) is 0. The van der Waals surface area contributed by atoms with E-state index in [-0.39, 0.29) is 30.0 Å². The number of esters is 1. The number of carbonyl (C=O) groups excluding carboxylic acids is 1. The van der Waals surface area contributed by atoms with E-state index in [4.69, 9.17) is 9.47 Å². The van der Waals surface area contributed by atoms with Gasteiger partial charge in [0.25, 0.3) is 0 Å². The van der Waals surface area contributed by atoms with Crippen molar-refractivity contribution in [2.75, 3.05) is 6.61 Å². The van der Waals surface area contributed by atoms with Crippen LogP contribution in [-0.4, -0.2) is 23.7 Å². The molecule has 1 aromatic carbocycles. The van der Waals surface area contributed by atoms with Crippen molar-refractivity contribution >= 4 is 5.97 Å². The minimum absolute atomic E-state index is 0.0707. The highest BCUT2D eigenvalue weighted by molar-refractivity contribution is 5.78. The fraction of sp³-hybridized carbons (Fsp3) is 0.409. The molecule has 4 nitrogen and oxygen atoms in total. The van der Waals surface area contributed by atoms with E-state index >= 15 is 0 Å². The third kappa shape index (κ3) is 4.07. The maximum absolute atomic E-state index is 12.5. The van der Waals surface area contributed by atoms with E-state index in [9.17, 15) is 4.79 Å². The van der Waals surface area contributed by atoms with Crippen molar-refractivity contribution in [3.8, 4) is 0 Å². The predicted molar refractivity (Wildman–Crippen MR) is 102 cm³/mol. The second-order valence-corrected chi connectivity index (χ2v) is 7.37. The van der Waals surface area contributed by atoms with Crippen LogP contribution >= 0.6 is 0 Å². The molecule has 26 heavy (non-hydrogen) atoms. The molecule has 1 fully saturated rings. The van der Waals surface area contributed by atoms with Gasteiger partial charge in [0.15, 0.2) is 0 Å². The summed E-state index contributed by atoms with van der Waals surface area (Å²) in [4.78, 5) is 15.7. The lowest BCUT2D eigenvalue weighted by atomic mass is 10.1. The van der Waals surface area contributed by atoms with Gasteiger partial charge in [-0.15, -0.1) is 0 Å². The predicted octanol–water partition coefficient (Wildman–Crippen LogP) is 4.27. The third-order valence-electron chi connectivity index (χ3n) is 5.12. The fourth-order valence-electron chi connectivity index (χ4n) is 3.37. The second-order valence-electron chi connectivity index (χ2n) is 7.37. The number of carbonyl (C=O) groups is 1. The van der Waals surface area contributed by atoms with Crippen LogP contribution in [0.2, 0.25) is 0 Å². The van der Waals surface area contributed by atoms with Crippen LogP contribution in [0.25, 0.3) is 0 Å². The van der Waals surface area contributed by atoms with Gasteiger partial charge < -0.3 is 14.5 Å². The molecule has 1 heterocycles. The summed E-state index contributed by atoms with van der Waals surface area (Å²) in [5.74, 6) is -0.374. The summed E-state index contributed by atoms with van der Waals surface area (Å²) < 4.78 is 11.4. The fourth-order valence-corrected chi connectivity index (χ4v) is 3.37. The molecule has 1 saturated carbocycles. The van der Waals surface area contributed by atoms with E-state index in [1.54, 1.807) is 0 Å². The Balaban J connectivity index is 1.55. The summed E-state index contributed by atoms with van der Waals surface area (Å²) in [6, 6.07) is 12.3. The highest BCUT2D eigenvalue weighted by atomic mass is 16.5. The van der Waals surface area contributed by atoms with Gasteiger partial charge in [-0.05, 0) is 30.5 Å². The largest absolute Gasteiger partial charge is 0.459 e. The van der Waals surface area contributed by atoms with Crippen LogP contribution in [0.15, 0.2) is 54.7 Å². The molecule has 0 saturated heterocycles. The molecule has 1 N–H and O–H groups in total. The van der Waals surface area contributed by atoms with Crippen LogP contribution in [0.1, 0.15) is 37.6 Å². The topological polar surface area (TPSA) is 51.3 Å². The summed E-state index contributed by atoms with van der Waals surface area (Å²) in [5.41, 5.74) is 3.17. The Labute approximate surface area is 155 Å². The second kappa shape index (κ2) is 7.92. The van der Waals surface area contributed by atoms with Crippen LogP contribution in [-0.2, 0) is 27.3 Å². The molecule has 2 aromatic rings. The average molecular weight is 353 g/mol. The van der Waals surface area contributed by atoms with Crippen molar-refractivity contribution in [1.82, 2.24) is 4.98 Å². The van der Waals surface area contributed by atoms with E-state index in [1.807, 2.05) is 49.5 Å². The van der Waals surface area contributed by atoms with E-state index in [2.05, 4.69) is 31.0 Å². The number of H-pyrrole nitrogens is 1. The zero-order valence-corrected chi connectivity index (χ0v) is 15.7. The summed E-state index contributed by atoms with van der Waals surface area (Å²) in [7, 11) is 0. The maximum atomic E-state index is 12.5. The lowest BCUT2D eigenvalue weighted by Gasteiger charge is -2.07. The highest BCUT2D eigenvalue weighted by Crippen LogP contribution is 2.54. The molecule has 1 aliphatic carbocycles. The molecule has 0 aliphatic heterocycles. The quantitative estimate of drug-likeness (QED) is 0.570. The Hall–Kier alpha value is -2.33. The molecule has 3 rings (SSSR count). The zero-order chi connectivity index (χ0) is 18.6. The van der Waals surface area contributed by atoms with Gasteiger partial charge >= 0.3 is 5.97 Å². The first-order valence-corrected chi connectivity index (χ1v) is 9.12. The van der Waals surface area contributed by atoms with Crippen LogP contribution in [0.5, 0.6) is 0 Å². The number of allylic oxidation sites excluding steroid dienone is 1. The molecule has 0 radical (unpaired) electrons. The number of aromatic amines is 1. The van der Waals surface area contributed by atoms with Gasteiger partial charge in [-0.25, -0.2) is 0 Å². The van der Waals surface area contributed by atoms with E-state index in [0.29, 0.717) is 6.61 Å². The van der Waals surface area contributed by atoms with Gasteiger partial charge in [-0.2, -0.15) is 0 Å². The van der Waals surface area contributed by atoms with Crippen molar-refractivity contribution in [3.63, 3.8) is 0 Å². The number of nitrogens with one attached hydrogen (secondary N) is 1. The number of hydrogen-bond acceptors (Lipinski definition) is 3. The Morgan fingerprint density at radius 2 is 2.00 bits per heavy atom. The smallest absolute Gasteiger partial charge is 0.312 e. The Morgan fingerprint density at radius 3 is 2.73 bits per heavy atom. The molecule has 0 spiro atoms. The first kappa shape index (κ1) is 18.5. The van der Waals surface area contributed by atoms with Crippen molar-refractivity contribution < 1.29 is 14.3 Å². The number of aromatic nitrogens is 1. The summed E-state index contributed by atoms with van der Waals surface area (Å²) in [6.45, 7) is 6.86. The van der Waals surface area contributed by atoms with Crippen LogP contribution in [0, 0.1) is 11.3 Å². The monoisotopic (exact) mass is 353 g/mol. The minimum atomic E-state index is -0.194. The molecule has 4 heteroatoms. The lowest BCUT2D eigenvalue weighted by Crippen LogP contribution is -2.12. The molecule has 1 aliphatic rings. The zero-order valence-electron chi connectivity index (χ0n) is 15.7. The molecule has 0 amide bonds. The minimum Gasteiger partial charge on any atom is -0.459 e. The van der Waals surface area contributed by atoms with E-state index < -0.39 is 0 Å². The van der Waals surface area contributed by atoms with E-state index in [1.165, 1.54) is 5.56 Å². The average Bonchev–Trinajstić information content (AvgIpc) is 2.95. The van der Waals surface area contributed by atoms with Crippen LogP contribution in [0.4, 0.5) is 0 Å². The maximum Gasteiger partial charge on any atom is 0.312 e. The van der Waals surface area contributed by atoms with Gasteiger partial charge in [0.1, 0.15) is 6.61 Å². The number of rotatable bonds is 8. The highest BCUT2D eigenvalue weighted by Gasteiger charge is 2.64.